The Balaban J connectivity index is 2.59. The SMILES string of the molecule is CCOC(=O)C(CCc1ccc(F)cc1)C(C)=O. The Bertz CT molecular complexity index is 412. The Kier molecular flexibility index (Phi) is 5.49. The minimum absolute atomic E-state index is 0.199. The maximum atomic E-state index is 12.7. The van der Waals surface area contributed by atoms with Crippen molar-refractivity contribution < 1.29 is 18.7 Å². The number of rotatable bonds is 6. The Morgan fingerprint density at radius 3 is 2.39 bits per heavy atom. The molecule has 1 atom stereocenters. The Morgan fingerprint density at radius 2 is 1.89 bits per heavy atom. The van der Waals surface area contributed by atoms with Crippen molar-refractivity contribution in [1.82, 2.24) is 0 Å². The highest BCUT2D eigenvalue weighted by Gasteiger charge is 2.24. The Morgan fingerprint density at radius 1 is 1.28 bits per heavy atom. The first kappa shape index (κ1) is 14.4. The van der Waals surface area contributed by atoms with Crippen LogP contribution >= 0.6 is 0 Å². The number of hydrogen-bond donors (Lipinski definition) is 0. The summed E-state index contributed by atoms with van der Waals surface area (Å²) < 4.78 is 17.6. The summed E-state index contributed by atoms with van der Waals surface area (Å²) >= 11 is 0. The predicted molar refractivity (Wildman–Crippen MR) is 65.5 cm³/mol. The molecule has 0 saturated carbocycles. The van der Waals surface area contributed by atoms with E-state index in [0.29, 0.717) is 12.8 Å². The minimum atomic E-state index is -0.727. The van der Waals surface area contributed by atoms with Gasteiger partial charge in [-0.05, 0) is 44.4 Å². The summed E-state index contributed by atoms with van der Waals surface area (Å²) in [6.45, 7) is 3.35. The van der Waals surface area contributed by atoms with E-state index in [-0.39, 0.29) is 18.2 Å². The van der Waals surface area contributed by atoms with Gasteiger partial charge in [-0.15, -0.1) is 0 Å². The molecule has 0 N–H and O–H groups in total. The zero-order valence-electron chi connectivity index (χ0n) is 10.6. The number of ether oxygens (including phenoxy) is 1. The van der Waals surface area contributed by atoms with Gasteiger partial charge in [-0.1, -0.05) is 12.1 Å². The molecule has 1 unspecified atom stereocenters. The summed E-state index contributed by atoms with van der Waals surface area (Å²) in [6, 6.07) is 6.03. The summed E-state index contributed by atoms with van der Waals surface area (Å²) in [5, 5.41) is 0. The van der Waals surface area contributed by atoms with Gasteiger partial charge in [0.05, 0.1) is 6.61 Å². The maximum absolute atomic E-state index is 12.7. The molecule has 0 aromatic heterocycles. The van der Waals surface area contributed by atoms with Crippen LogP contribution in [0.25, 0.3) is 0 Å². The monoisotopic (exact) mass is 252 g/mol. The van der Waals surface area contributed by atoms with Crippen LogP contribution in [0, 0.1) is 11.7 Å². The molecule has 0 aliphatic heterocycles. The van der Waals surface area contributed by atoms with E-state index in [0.717, 1.165) is 5.56 Å². The van der Waals surface area contributed by atoms with Crippen molar-refractivity contribution in [3.05, 3.63) is 35.6 Å². The summed E-state index contributed by atoms with van der Waals surface area (Å²) in [4.78, 5) is 22.9. The number of aryl methyl sites for hydroxylation is 1. The fraction of sp³-hybridized carbons (Fsp3) is 0.429. The average molecular weight is 252 g/mol. The highest BCUT2D eigenvalue weighted by atomic mass is 19.1. The standard InChI is InChI=1S/C14H17FO3/c1-3-18-14(17)13(10(2)16)9-6-11-4-7-12(15)8-5-11/h4-5,7-8,13H,3,6,9H2,1-2H3. The van der Waals surface area contributed by atoms with E-state index in [1.165, 1.54) is 19.1 Å². The zero-order chi connectivity index (χ0) is 13.5. The molecule has 1 aromatic carbocycles. The fourth-order valence-electron chi connectivity index (χ4n) is 1.69. The van der Waals surface area contributed by atoms with Crippen LogP contribution in [-0.2, 0) is 20.7 Å². The number of benzene rings is 1. The summed E-state index contributed by atoms with van der Waals surface area (Å²) in [7, 11) is 0. The number of Topliss-reactive ketones (excluding diaryl/α,β-unsaturated/α-hetero) is 1. The molecule has 0 heterocycles. The van der Waals surface area contributed by atoms with Crippen LogP contribution in [0.2, 0.25) is 0 Å². The van der Waals surface area contributed by atoms with E-state index in [2.05, 4.69) is 0 Å². The van der Waals surface area contributed by atoms with E-state index in [1.54, 1.807) is 19.1 Å². The second-order valence-corrected chi connectivity index (χ2v) is 4.08. The Labute approximate surface area is 106 Å². The van der Waals surface area contributed by atoms with Crippen LogP contribution in [0.15, 0.2) is 24.3 Å². The first-order valence-electron chi connectivity index (χ1n) is 5.96. The molecule has 0 bridgehead atoms. The van der Waals surface area contributed by atoms with Crippen molar-refractivity contribution in [1.29, 1.82) is 0 Å². The number of ketones is 1. The molecule has 98 valence electrons. The minimum Gasteiger partial charge on any atom is -0.465 e. The van der Waals surface area contributed by atoms with Crippen LogP contribution in [0.5, 0.6) is 0 Å². The lowest BCUT2D eigenvalue weighted by Crippen LogP contribution is -2.24. The molecule has 0 saturated heterocycles. The van der Waals surface area contributed by atoms with Gasteiger partial charge in [0, 0.05) is 0 Å². The van der Waals surface area contributed by atoms with Gasteiger partial charge in [-0.3, -0.25) is 9.59 Å². The molecule has 0 radical (unpaired) electrons. The van der Waals surface area contributed by atoms with Gasteiger partial charge in [-0.2, -0.15) is 0 Å². The molecule has 0 fully saturated rings. The first-order chi connectivity index (χ1) is 8.54. The molecule has 4 heteroatoms. The molecule has 0 spiro atoms. The van der Waals surface area contributed by atoms with Gasteiger partial charge in [-0.25, -0.2) is 4.39 Å². The summed E-state index contributed by atoms with van der Waals surface area (Å²) in [5.41, 5.74) is 0.895. The highest BCUT2D eigenvalue weighted by molar-refractivity contribution is 5.97. The molecule has 0 aliphatic carbocycles. The van der Waals surface area contributed by atoms with Gasteiger partial charge in [0.25, 0.3) is 0 Å². The van der Waals surface area contributed by atoms with Crippen LogP contribution in [0.4, 0.5) is 4.39 Å². The van der Waals surface area contributed by atoms with Crippen molar-refractivity contribution in [3.63, 3.8) is 0 Å². The number of carbonyl (C=O) groups excluding carboxylic acids is 2. The second-order valence-electron chi connectivity index (χ2n) is 4.08. The van der Waals surface area contributed by atoms with E-state index in [9.17, 15) is 14.0 Å². The van der Waals surface area contributed by atoms with Crippen LogP contribution in [-0.4, -0.2) is 18.4 Å². The van der Waals surface area contributed by atoms with Gasteiger partial charge in [0.2, 0.25) is 0 Å². The molecular weight excluding hydrogens is 235 g/mol. The molecule has 0 amide bonds. The van der Waals surface area contributed by atoms with Gasteiger partial charge in [0.1, 0.15) is 17.5 Å². The van der Waals surface area contributed by atoms with E-state index in [1.807, 2.05) is 0 Å². The third-order valence-corrected chi connectivity index (χ3v) is 2.70. The smallest absolute Gasteiger partial charge is 0.316 e. The van der Waals surface area contributed by atoms with Gasteiger partial charge < -0.3 is 4.74 Å². The van der Waals surface area contributed by atoms with Crippen molar-refractivity contribution in [2.75, 3.05) is 6.61 Å². The van der Waals surface area contributed by atoms with Crippen LogP contribution in [0.3, 0.4) is 0 Å². The van der Waals surface area contributed by atoms with Crippen LogP contribution in [0.1, 0.15) is 25.8 Å². The van der Waals surface area contributed by atoms with Crippen molar-refractivity contribution in [3.8, 4) is 0 Å². The van der Waals surface area contributed by atoms with E-state index in [4.69, 9.17) is 4.74 Å². The van der Waals surface area contributed by atoms with Gasteiger partial charge >= 0.3 is 5.97 Å². The topological polar surface area (TPSA) is 43.4 Å². The largest absolute Gasteiger partial charge is 0.465 e. The zero-order valence-corrected chi connectivity index (χ0v) is 10.6. The van der Waals surface area contributed by atoms with E-state index < -0.39 is 11.9 Å². The molecule has 0 aliphatic rings. The highest BCUT2D eigenvalue weighted by Crippen LogP contribution is 2.13. The van der Waals surface area contributed by atoms with Crippen LogP contribution < -0.4 is 0 Å². The molecule has 1 aromatic rings. The van der Waals surface area contributed by atoms with Gasteiger partial charge in [0.15, 0.2) is 0 Å². The number of esters is 1. The summed E-state index contributed by atoms with van der Waals surface area (Å²) in [5.74, 6) is -1.70. The fourth-order valence-corrected chi connectivity index (χ4v) is 1.69. The molecule has 1 rings (SSSR count). The lowest BCUT2D eigenvalue weighted by Gasteiger charge is -2.12. The lowest BCUT2D eigenvalue weighted by atomic mass is 9.96. The quantitative estimate of drug-likeness (QED) is 0.577. The first-order valence-corrected chi connectivity index (χ1v) is 5.96. The second kappa shape index (κ2) is 6.89. The normalized spacial score (nSPS) is 11.9. The number of carbonyl (C=O) groups is 2. The van der Waals surface area contributed by atoms with E-state index >= 15 is 0 Å². The predicted octanol–water partition coefficient (Wildman–Crippen LogP) is 2.53. The molecular formula is C14H17FO3. The Hall–Kier alpha value is -1.71. The molecule has 3 nitrogen and oxygen atoms in total. The van der Waals surface area contributed by atoms with Crippen molar-refractivity contribution >= 4 is 11.8 Å². The maximum Gasteiger partial charge on any atom is 0.316 e. The number of hydrogen-bond acceptors (Lipinski definition) is 3. The molecule has 18 heavy (non-hydrogen) atoms. The van der Waals surface area contributed by atoms with Crippen molar-refractivity contribution in [2.24, 2.45) is 5.92 Å². The summed E-state index contributed by atoms with van der Waals surface area (Å²) in [6.07, 6.45) is 0.934. The third kappa shape index (κ3) is 4.28. The average Bonchev–Trinajstić information content (AvgIpc) is 2.31. The van der Waals surface area contributed by atoms with Crippen molar-refractivity contribution in [2.45, 2.75) is 26.7 Å². The number of halogens is 1. The third-order valence-electron chi connectivity index (χ3n) is 2.70. The lowest BCUT2D eigenvalue weighted by molar-refractivity contribution is -0.151.